The number of aryl methyl sites for hydroxylation is 1. The maximum Gasteiger partial charge on any atom is 0.244 e. The van der Waals surface area contributed by atoms with Gasteiger partial charge in [-0.2, -0.15) is 0 Å². The number of rotatable bonds is 10. The van der Waals surface area contributed by atoms with Crippen molar-refractivity contribution in [1.29, 1.82) is 0 Å². The molecule has 7 nitrogen and oxygen atoms in total. The third-order valence-corrected chi connectivity index (χ3v) is 8.27. The molecule has 38 heavy (non-hydrogen) atoms. The second-order valence-corrected chi connectivity index (χ2v) is 11.8. The number of anilines is 1. The molecule has 0 saturated carbocycles. The summed E-state index contributed by atoms with van der Waals surface area (Å²) in [6, 6.07) is 18.6. The van der Waals surface area contributed by atoms with Gasteiger partial charge in [-0.3, -0.25) is 13.9 Å². The molecule has 10 heteroatoms. The molecule has 0 aromatic heterocycles. The molecule has 3 rings (SSSR count). The van der Waals surface area contributed by atoms with Crippen molar-refractivity contribution in [3.05, 3.63) is 99.0 Å². The quantitative estimate of drug-likeness (QED) is 0.377. The van der Waals surface area contributed by atoms with Gasteiger partial charge in [0.1, 0.15) is 12.6 Å². The maximum absolute atomic E-state index is 14.0. The Balaban J connectivity index is 2.10. The number of hydrogen-bond donors (Lipinski definition) is 1. The molecule has 0 bridgehead atoms. The molecule has 2 amide bonds. The van der Waals surface area contributed by atoms with E-state index >= 15 is 0 Å². The number of hydrogen-bond acceptors (Lipinski definition) is 4. The average molecular weight is 577 g/mol. The number of carbonyl (C=O) groups excluding carboxylic acids is 2. The number of sulfonamides is 1. The first-order chi connectivity index (χ1) is 17.9. The van der Waals surface area contributed by atoms with Crippen molar-refractivity contribution < 1.29 is 18.0 Å². The fourth-order valence-electron chi connectivity index (χ4n) is 4.17. The molecule has 0 aliphatic carbocycles. The van der Waals surface area contributed by atoms with Crippen LogP contribution in [0.2, 0.25) is 10.0 Å². The number of halogens is 2. The van der Waals surface area contributed by atoms with Crippen molar-refractivity contribution in [2.45, 2.75) is 32.9 Å². The van der Waals surface area contributed by atoms with E-state index < -0.39 is 34.4 Å². The number of amides is 2. The zero-order valence-electron chi connectivity index (χ0n) is 21.7. The minimum atomic E-state index is -3.85. The van der Waals surface area contributed by atoms with Crippen LogP contribution in [0.4, 0.5) is 5.69 Å². The minimum absolute atomic E-state index is 0.0906. The summed E-state index contributed by atoms with van der Waals surface area (Å²) >= 11 is 12.9. The van der Waals surface area contributed by atoms with Crippen molar-refractivity contribution in [2.75, 3.05) is 24.2 Å². The van der Waals surface area contributed by atoms with Gasteiger partial charge >= 0.3 is 0 Å². The Bertz CT molecular complexity index is 1390. The van der Waals surface area contributed by atoms with E-state index in [0.717, 1.165) is 27.3 Å². The van der Waals surface area contributed by atoms with E-state index in [-0.39, 0.29) is 13.0 Å². The molecule has 0 heterocycles. The van der Waals surface area contributed by atoms with Crippen molar-refractivity contribution in [1.82, 2.24) is 10.2 Å². The predicted octanol–water partition coefficient (Wildman–Crippen LogP) is 4.76. The number of benzene rings is 3. The lowest BCUT2D eigenvalue weighted by Crippen LogP contribution is -2.53. The summed E-state index contributed by atoms with van der Waals surface area (Å²) in [7, 11) is -2.36. The van der Waals surface area contributed by atoms with E-state index in [0.29, 0.717) is 21.3 Å². The highest BCUT2D eigenvalue weighted by Crippen LogP contribution is 2.29. The van der Waals surface area contributed by atoms with Gasteiger partial charge in [0.05, 0.1) is 11.9 Å². The van der Waals surface area contributed by atoms with Crippen LogP contribution in [0.3, 0.4) is 0 Å². The molecule has 0 aliphatic rings. The predicted molar refractivity (Wildman–Crippen MR) is 153 cm³/mol. The van der Waals surface area contributed by atoms with E-state index in [4.69, 9.17) is 23.2 Å². The Morgan fingerprint density at radius 2 is 1.53 bits per heavy atom. The van der Waals surface area contributed by atoms with Gasteiger partial charge in [-0.1, -0.05) is 71.7 Å². The first-order valence-electron chi connectivity index (χ1n) is 12.0. The fraction of sp³-hybridized carbons (Fsp3) is 0.286. The summed E-state index contributed by atoms with van der Waals surface area (Å²) in [5, 5.41) is 3.30. The second-order valence-electron chi connectivity index (χ2n) is 9.03. The van der Waals surface area contributed by atoms with Gasteiger partial charge in [0.15, 0.2) is 0 Å². The van der Waals surface area contributed by atoms with E-state index in [1.165, 1.54) is 11.9 Å². The van der Waals surface area contributed by atoms with Gasteiger partial charge in [0.25, 0.3) is 0 Å². The van der Waals surface area contributed by atoms with Crippen LogP contribution in [0.1, 0.15) is 22.3 Å². The highest BCUT2D eigenvalue weighted by atomic mass is 35.5. The van der Waals surface area contributed by atoms with Crippen LogP contribution in [0, 0.1) is 13.8 Å². The van der Waals surface area contributed by atoms with Gasteiger partial charge in [-0.15, -0.1) is 0 Å². The van der Waals surface area contributed by atoms with Gasteiger partial charge in [0.2, 0.25) is 21.8 Å². The second kappa shape index (κ2) is 12.7. The van der Waals surface area contributed by atoms with E-state index in [1.54, 1.807) is 37.3 Å². The summed E-state index contributed by atoms with van der Waals surface area (Å²) in [6.07, 6.45) is 1.26. The molecular formula is C28H31Cl2N3O4S. The summed E-state index contributed by atoms with van der Waals surface area (Å²) < 4.78 is 26.9. The molecule has 202 valence electrons. The molecule has 1 unspecified atom stereocenters. The van der Waals surface area contributed by atoms with Crippen LogP contribution < -0.4 is 9.62 Å². The number of nitrogens with zero attached hydrogens (tertiary/aromatic N) is 2. The molecule has 3 aromatic rings. The number of nitrogens with one attached hydrogen (secondary N) is 1. The fourth-order valence-corrected chi connectivity index (χ4v) is 5.59. The standard InChI is InChI=1S/C28H31Cl2N3O4S/c1-19-10-8-15-25(20(19)2)33(38(4,36)37)18-27(34)32(17-22-23(29)13-9-14-24(22)30)26(28(35)31-3)16-21-11-6-5-7-12-21/h5-15,26H,16-18H2,1-4H3,(H,31,35). The summed E-state index contributed by atoms with van der Waals surface area (Å²) in [4.78, 5) is 28.5. The molecule has 0 saturated heterocycles. The van der Waals surface area contributed by atoms with Crippen molar-refractivity contribution in [2.24, 2.45) is 0 Å². The molecule has 1 atom stereocenters. The molecule has 0 fully saturated rings. The monoisotopic (exact) mass is 575 g/mol. The van der Waals surface area contributed by atoms with Crippen molar-refractivity contribution in [3.8, 4) is 0 Å². The van der Waals surface area contributed by atoms with Crippen LogP contribution in [-0.2, 0) is 32.6 Å². The van der Waals surface area contributed by atoms with Gasteiger partial charge in [-0.05, 0) is 48.7 Å². The Morgan fingerprint density at radius 3 is 2.11 bits per heavy atom. The highest BCUT2D eigenvalue weighted by Gasteiger charge is 2.33. The molecule has 0 spiro atoms. The average Bonchev–Trinajstić information content (AvgIpc) is 2.87. The molecule has 3 aromatic carbocycles. The lowest BCUT2D eigenvalue weighted by Gasteiger charge is -2.34. The Morgan fingerprint density at radius 1 is 0.921 bits per heavy atom. The SMILES string of the molecule is CNC(=O)C(Cc1ccccc1)N(Cc1c(Cl)cccc1Cl)C(=O)CN(c1cccc(C)c1C)S(C)(=O)=O. The van der Waals surface area contributed by atoms with Gasteiger partial charge in [0, 0.05) is 35.6 Å². The van der Waals surface area contributed by atoms with Crippen molar-refractivity contribution in [3.63, 3.8) is 0 Å². The Kier molecular flexibility index (Phi) is 9.82. The van der Waals surface area contributed by atoms with E-state index in [2.05, 4.69) is 5.32 Å². The lowest BCUT2D eigenvalue weighted by molar-refractivity contribution is -0.139. The zero-order chi connectivity index (χ0) is 28.0. The topological polar surface area (TPSA) is 86.8 Å². The van der Waals surface area contributed by atoms with E-state index in [9.17, 15) is 18.0 Å². The molecule has 1 N–H and O–H groups in total. The molecule has 0 aliphatic heterocycles. The van der Waals surface area contributed by atoms with Gasteiger partial charge in [-0.25, -0.2) is 8.42 Å². The van der Waals surface area contributed by atoms with Crippen molar-refractivity contribution >= 4 is 50.7 Å². The lowest BCUT2D eigenvalue weighted by atomic mass is 10.0. The summed E-state index contributed by atoms with van der Waals surface area (Å²) in [6.45, 7) is 3.08. The first-order valence-corrected chi connectivity index (χ1v) is 14.6. The number of carbonyl (C=O) groups is 2. The van der Waals surface area contributed by atoms with Gasteiger partial charge < -0.3 is 10.2 Å². The summed E-state index contributed by atoms with van der Waals surface area (Å²) in [5.41, 5.74) is 3.31. The zero-order valence-corrected chi connectivity index (χ0v) is 24.1. The highest BCUT2D eigenvalue weighted by molar-refractivity contribution is 7.92. The minimum Gasteiger partial charge on any atom is -0.357 e. The largest absolute Gasteiger partial charge is 0.357 e. The Labute approximate surface area is 234 Å². The molecule has 0 radical (unpaired) electrons. The van der Waals surface area contributed by atoms with Crippen LogP contribution in [0.25, 0.3) is 0 Å². The normalized spacial score (nSPS) is 12.1. The van der Waals surface area contributed by atoms with Crippen LogP contribution in [-0.4, -0.2) is 51.0 Å². The smallest absolute Gasteiger partial charge is 0.244 e. The van der Waals surface area contributed by atoms with Crippen LogP contribution in [0.15, 0.2) is 66.7 Å². The van der Waals surface area contributed by atoms with Crippen LogP contribution in [0.5, 0.6) is 0 Å². The van der Waals surface area contributed by atoms with E-state index in [1.807, 2.05) is 43.3 Å². The van der Waals surface area contributed by atoms with Crippen LogP contribution >= 0.6 is 23.2 Å². The first kappa shape index (κ1) is 29.5. The maximum atomic E-state index is 14.0. The Hall–Kier alpha value is -3.07. The number of likely N-dealkylation sites (N-methyl/N-ethyl adjacent to an activating group) is 1. The molecular weight excluding hydrogens is 545 g/mol. The third kappa shape index (κ3) is 7.07. The summed E-state index contributed by atoms with van der Waals surface area (Å²) in [5.74, 6) is -0.972. The third-order valence-electron chi connectivity index (χ3n) is 6.43.